The standard InChI is InChI=1S/C18H33N5S.HI/c1-15-16(2)24-17(22-15)14-21-18(19-3)20-10-6-4-7-11-23-12-8-5-9-13-23;/h4-14H2,1-3H3,(H2,19,20,21);1H. The van der Waals surface area contributed by atoms with E-state index in [2.05, 4.69) is 39.4 Å². The number of aryl methyl sites for hydroxylation is 2. The summed E-state index contributed by atoms with van der Waals surface area (Å²) < 4.78 is 0. The number of nitrogens with zero attached hydrogens (tertiary/aromatic N) is 3. The molecule has 1 aromatic heterocycles. The van der Waals surface area contributed by atoms with Crippen molar-refractivity contribution in [2.45, 2.75) is 58.9 Å². The second-order valence-corrected chi connectivity index (χ2v) is 7.85. The van der Waals surface area contributed by atoms with Gasteiger partial charge in [-0.25, -0.2) is 4.98 Å². The summed E-state index contributed by atoms with van der Waals surface area (Å²) in [6.45, 7) is 9.80. The maximum absolute atomic E-state index is 4.55. The molecule has 1 fully saturated rings. The van der Waals surface area contributed by atoms with Gasteiger partial charge in [0.1, 0.15) is 5.01 Å². The van der Waals surface area contributed by atoms with Crippen molar-refractivity contribution in [1.29, 1.82) is 0 Å². The number of hydrogen-bond acceptors (Lipinski definition) is 4. The minimum absolute atomic E-state index is 0. The van der Waals surface area contributed by atoms with Crippen LogP contribution in [0.3, 0.4) is 0 Å². The van der Waals surface area contributed by atoms with Gasteiger partial charge in [0, 0.05) is 18.5 Å². The van der Waals surface area contributed by atoms with Gasteiger partial charge < -0.3 is 15.5 Å². The molecule has 2 N–H and O–H groups in total. The molecule has 7 heteroatoms. The van der Waals surface area contributed by atoms with Gasteiger partial charge in [-0.3, -0.25) is 4.99 Å². The smallest absolute Gasteiger partial charge is 0.191 e. The summed E-state index contributed by atoms with van der Waals surface area (Å²) in [5.74, 6) is 0.872. The van der Waals surface area contributed by atoms with Crippen molar-refractivity contribution >= 4 is 41.3 Å². The van der Waals surface area contributed by atoms with Crippen molar-refractivity contribution in [2.75, 3.05) is 33.2 Å². The van der Waals surface area contributed by atoms with Gasteiger partial charge in [-0.2, -0.15) is 0 Å². The van der Waals surface area contributed by atoms with Crippen molar-refractivity contribution in [3.63, 3.8) is 0 Å². The van der Waals surface area contributed by atoms with E-state index in [1.165, 1.54) is 63.0 Å². The molecule has 144 valence electrons. The molecule has 0 atom stereocenters. The third-order valence-electron chi connectivity index (χ3n) is 4.60. The number of rotatable bonds is 8. The van der Waals surface area contributed by atoms with Crippen LogP contribution in [0.2, 0.25) is 0 Å². The summed E-state index contributed by atoms with van der Waals surface area (Å²) in [4.78, 5) is 12.8. The first-order chi connectivity index (χ1) is 11.7. The second-order valence-electron chi connectivity index (χ2n) is 6.56. The van der Waals surface area contributed by atoms with Gasteiger partial charge in [0.15, 0.2) is 5.96 Å². The summed E-state index contributed by atoms with van der Waals surface area (Å²) in [6, 6.07) is 0. The molecule has 0 saturated carbocycles. The van der Waals surface area contributed by atoms with Gasteiger partial charge in [0.2, 0.25) is 0 Å². The van der Waals surface area contributed by atoms with Crippen LogP contribution in [0.1, 0.15) is 54.1 Å². The van der Waals surface area contributed by atoms with E-state index >= 15 is 0 Å². The van der Waals surface area contributed by atoms with Crippen LogP contribution in [0.25, 0.3) is 0 Å². The molecule has 1 aromatic rings. The van der Waals surface area contributed by atoms with Crippen LogP contribution >= 0.6 is 35.3 Å². The predicted octanol–water partition coefficient (Wildman–Crippen LogP) is 3.70. The number of nitrogens with one attached hydrogen (secondary N) is 2. The van der Waals surface area contributed by atoms with Crippen LogP contribution in [0.15, 0.2) is 4.99 Å². The molecule has 0 radical (unpaired) electrons. The third-order valence-corrected chi connectivity index (χ3v) is 5.67. The highest BCUT2D eigenvalue weighted by atomic mass is 127. The van der Waals surface area contributed by atoms with Crippen molar-refractivity contribution < 1.29 is 0 Å². The molecule has 0 unspecified atom stereocenters. The van der Waals surface area contributed by atoms with Gasteiger partial charge in [-0.1, -0.05) is 12.8 Å². The average Bonchev–Trinajstić information content (AvgIpc) is 2.92. The Balaban J connectivity index is 0.00000312. The third kappa shape index (κ3) is 8.68. The van der Waals surface area contributed by atoms with Gasteiger partial charge in [0.25, 0.3) is 0 Å². The maximum Gasteiger partial charge on any atom is 0.191 e. The zero-order chi connectivity index (χ0) is 17.2. The fourth-order valence-corrected chi connectivity index (χ4v) is 3.90. The van der Waals surface area contributed by atoms with E-state index in [1.54, 1.807) is 11.3 Å². The molecule has 1 aliphatic heterocycles. The van der Waals surface area contributed by atoms with Crippen molar-refractivity contribution in [3.05, 3.63) is 15.6 Å². The number of guanidine groups is 1. The number of hydrogen-bond donors (Lipinski definition) is 2. The number of piperidine rings is 1. The number of aromatic nitrogens is 1. The van der Waals surface area contributed by atoms with Gasteiger partial charge in [0.05, 0.1) is 12.2 Å². The van der Waals surface area contributed by atoms with E-state index in [9.17, 15) is 0 Å². The van der Waals surface area contributed by atoms with Crippen LogP contribution in [0, 0.1) is 13.8 Å². The Morgan fingerprint density at radius 2 is 1.88 bits per heavy atom. The van der Waals surface area contributed by atoms with Crippen molar-refractivity contribution in [3.8, 4) is 0 Å². The first kappa shape index (κ1) is 22.6. The molecule has 5 nitrogen and oxygen atoms in total. The molecule has 1 saturated heterocycles. The van der Waals surface area contributed by atoms with Crippen LogP contribution in [-0.2, 0) is 6.54 Å². The van der Waals surface area contributed by atoms with E-state index in [1.807, 2.05) is 7.05 Å². The molecule has 0 aliphatic carbocycles. The lowest BCUT2D eigenvalue weighted by molar-refractivity contribution is 0.224. The number of unbranched alkanes of at least 4 members (excludes halogenated alkanes) is 2. The van der Waals surface area contributed by atoms with Crippen molar-refractivity contribution in [1.82, 2.24) is 20.5 Å². The largest absolute Gasteiger partial charge is 0.356 e. The molecular formula is C18H34IN5S. The molecule has 0 spiro atoms. The van der Waals surface area contributed by atoms with Gasteiger partial charge in [-0.15, -0.1) is 35.3 Å². The summed E-state index contributed by atoms with van der Waals surface area (Å²) in [7, 11) is 1.82. The highest BCUT2D eigenvalue weighted by molar-refractivity contribution is 14.0. The summed E-state index contributed by atoms with van der Waals surface area (Å²) in [6.07, 6.45) is 8.00. The molecule has 25 heavy (non-hydrogen) atoms. The number of thiazole rings is 1. The van der Waals surface area contributed by atoms with E-state index in [4.69, 9.17) is 0 Å². The fourth-order valence-electron chi connectivity index (χ4n) is 3.02. The Morgan fingerprint density at radius 3 is 2.52 bits per heavy atom. The Labute approximate surface area is 174 Å². The summed E-state index contributed by atoms with van der Waals surface area (Å²) in [5, 5.41) is 7.87. The van der Waals surface area contributed by atoms with Crippen molar-refractivity contribution in [2.24, 2.45) is 4.99 Å². The molecule has 0 amide bonds. The highest BCUT2D eigenvalue weighted by Gasteiger charge is 2.09. The zero-order valence-corrected chi connectivity index (χ0v) is 19.1. The van der Waals surface area contributed by atoms with Gasteiger partial charge in [-0.05, 0) is 59.2 Å². The molecule has 1 aliphatic rings. The minimum Gasteiger partial charge on any atom is -0.356 e. The maximum atomic E-state index is 4.55. The normalized spacial score (nSPS) is 15.7. The number of halogens is 1. The lowest BCUT2D eigenvalue weighted by Crippen LogP contribution is -2.37. The Hall–Kier alpha value is -0.410. The van der Waals surface area contributed by atoms with Crippen LogP contribution in [0.4, 0.5) is 0 Å². The van der Waals surface area contributed by atoms with E-state index < -0.39 is 0 Å². The van der Waals surface area contributed by atoms with E-state index in [0.29, 0.717) is 0 Å². The monoisotopic (exact) mass is 479 g/mol. The Morgan fingerprint density at radius 1 is 1.12 bits per heavy atom. The van der Waals surface area contributed by atoms with Crippen LogP contribution < -0.4 is 10.6 Å². The minimum atomic E-state index is 0. The van der Waals surface area contributed by atoms with E-state index in [0.717, 1.165) is 29.8 Å². The number of aliphatic imine (C=N–C) groups is 1. The highest BCUT2D eigenvalue weighted by Crippen LogP contribution is 2.15. The molecule has 0 bridgehead atoms. The molecule has 2 heterocycles. The predicted molar refractivity (Wildman–Crippen MR) is 119 cm³/mol. The molecule has 2 rings (SSSR count). The molecule has 0 aromatic carbocycles. The fraction of sp³-hybridized carbons (Fsp3) is 0.778. The Kier molecular flexibility index (Phi) is 11.6. The topological polar surface area (TPSA) is 52.6 Å². The lowest BCUT2D eigenvalue weighted by Gasteiger charge is -2.26. The van der Waals surface area contributed by atoms with Crippen LogP contribution in [0.5, 0.6) is 0 Å². The zero-order valence-electron chi connectivity index (χ0n) is 15.9. The number of likely N-dealkylation sites (tertiary alicyclic amines) is 1. The van der Waals surface area contributed by atoms with Crippen LogP contribution in [-0.4, -0.2) is 49.1 Å². The average molecular weight is 479 g/mol. The first-order valence-electron chi connectivity index (χ1n) is 9.29. The van der Waals surface area contributed by atoms with Gasteiger partial charge >= 0.3 is 0 Å². The van der Waals surface area contributed by atoms with E-state index in [-0.39, 0.29) is 24.0 Å². The molecular weight excluding hydrogens is 445 g/mol. The Bertz CT molecular complexity index is 492. The second kappa shape index (κ2) is 12.9. The first-order valence-corrected chi connectivity index (χ1v) is 10.1. The summed E-state index contributed by atoms with van der Waals surface area (Å²) >= 11 is 1.75. The lowest BCUT2D eigenvalue weighted by atomic mass is 10.1. The quantitative estimate of drug-likeness (QED) is 0.259. The SMILES string of the molecule is CN=C(NCCCCCN1CCCCC1)NCc1nc(C)c(C)s1.I. The summed E-state index contributed by atoms with van der Waals surface area (Å²) in [5.41, 5.74) is 1.13.